The lowest BCUT2D eigenvalue weighted by molar-refractivity contribution is 0.980. The molecule has 4 aromatic heterocycles. The third-order valence-electron chi connectivity index (χ3n) is 9.79. The lowest BCUT2D eigenvalue weighted by atomic mass is 9.93. The highest BCUT2D eigenvalue weighted by Crippen LogP contribution is 2.45. The minimum absolute atomic E-state index is 0.872. The topological polar surface area (TPSA) is 43.1 Å². The third-order valence-corrected chi connectivity index (χ3v) is 9.79. The molecule has 0 atom stereocenters. The van der Waals surface area contributed by atoms with Crippen molar-refractivity contribution in [1.29, 1.82) is 0 Å². The van der Waals surface area contributed by atoms with E-state index in [-0.39, 0.29) is 0 Å². The van der Waals surface area contributed by atoms with Crippen LogP contribution in [0, 0.1) is 0 Å². The van der Waals surface area contributed by atoms with E-state index in [2.05, 4.69) is 180 Å². The van der Waals surface area contributed by atoms with E-state index in [4.69, 9.17) is 15.1 Å². The molecule has 4 heterocycles. The third kappa shape index (κ3) is 4.80. The monoisotopic (exact) mass is 650 g/mol. The summed E-state index contributed by atoms with van der Waals surface area (Å²) in [6.07, 6.45) is 0. The number of fused-ring (bicyclic) bond motifs is 6. The van der Waals surface area contributed by atoms with E-state index in [1.165, 1.54) is 0 Å². The Morgan fingerprint density at radius 1 is 0.353 bits per heavy atom. The van der Waals surface area contributed by atoms with Crippen LogP contribution in [0.3, 0.4) is 0 Å². The minimum Gasteiger partial charge on any atom is -0.245 e. The van der Waals surface area contributed by atoms with Gasteiger partial charge in [0.2, 0.25) is 0 Å². The van der Waals surface area contributed by atoms with Gasteiger partial charge in [0.1, 0.15) is 5.69 Å². The van der Waals surface area contributed by atoms with Gasteiger partial charge in [0.25, 0.3) is 0 Å². The maximum Gasteiger partial charge on any atom is 0.101 e. The van der Waals surface area contributed by atoms with Crippen LogP contribution in [0.25, 0.3) is 94.3 Å². The normalized spacial score (nSPS) is 11.5. The van der Waals surface area contributed by atoms with Gasteiger partial charge < -0.3 is 0 Å². The van der Waals surface area contributed by atoms with Crippen molar-refractivity contribution in [1.82, 2.24) is 19.6 Å². The fourth-order valence-corrected chi connectivity index (χ4v) is 7.44. The summed E-state index contributed by atoms with van der Waals surface area (Å²) in [5.74, 6) is 0. The molecular formula is C47H30N4. The Kier molecular flexibility index (Phi) is 6.78. The average Bonchev–Trinajstić information content (AvgIpc) is 3.62. The first-order valence-electron chi connectivity index (χ1n) is 17.2. The Balaban J connectivity index is 1.34. The molecule has 0 aliphatic rings. The molecule has 0 N–H and O–H groups in total. The van der Waals surface area contributed by atoms with Crippen molar-refractivity contribution in [2.75, 3.05) is 0 Å². The van der Waals surface area contributed by atoms with Gasteiger partial charge in [0, 0.05) is 44.0 Å². The quantitative estimate of drug-likeness (QED) is 0.174. The average molecular weight is 651 g/mol. The van der Waals surface area contributed by atoms with Crippen LogP contribution in [-0.2, 0) is 0 Å². The second kappa shape index (κ2) is 11.9. The summed E-state index contributed by atoms with van der Waals surface area (Å²) < 4.78 is 2.17. The number of aromatic nitrogens is 4. The van der Waals surface area contributed by atoms with Crippen LogP contribution >= 0.6 is 0 Å². The number of hydrogen-bond donors (Lipinski definition) is 0. The Hall–Kier alpha value is -6.91. The van der Waals surface area contributed by atoms with E-state index in [0.29, 0.717) is 0 Å². The molecule has 0 amide bonds. The lowest BCUT2D eigenvalue weighted by Crippen LogP contribution is -2.01. The maximum atomic E-state index is 5.51. The summed E-state index contributed by atoms with van der Waals surface area (Å²) in [6, 6.07) is 63.6. The first-order valence-corrected chi connectivity index (χ1v) is 17.2. The first kappa shape index (κ1) is 29.0. The fourth-order valence-electron chi connectivity index (χ4n) is 7.44. The molecule has 0 bridgehead atoms. The van der Waals surface area contributed by atoms with Crippen LogP contribution in [0.15, 0.2) is 182 Å². The predicted octanol–water partition coefficient (Wildman–Crippen LogP) is 11.9. The van der Waals surface area contributed by atoms with Crippen LogP contribution in [0.1, 0.15) is 0 Å². The number of nitrogens with zero attached hydrogens (tertiary/aromatic N) is 4. The molecule has 0 aliphatic carbocycles. The van der Waals surface area contributed by atoms with Crippen molar-refractivity contribution in [3.8, 4) is 56.2 Å². The highest BCUT2D eigenvalue weighted by Gasteiger charge is 2.25. The number of rotatable bonds is 5. The molecule has 0 fully saturated rings. The molecule has 0 aliphatic heterocycles. The summed E-state index contributed by atoms with van der Waals surface area (Å²) in [5.41, 5.74) is 13.0. The smallest absolute Gasteiger partial charge is 0.101 e. The Morgan fingerprint density at radius 3 is 1.45 bits per heavy atom. The van der Waals surface area contributed by atoms with Gasteiger partial charge in [0.05, 0.1) is 33.6 Å². The van der Waals surface area contributed by atoms with Crippen molar-refractivity contribution < 1.29 is 0 Å². The van der Waals surface area contributed by atoms with Crippen molar-refractivity contribution in [2.24, 2.45) is 0 Å². The standard InChI is InChI=1S/C47H30N4/c1-5-15-31(16-6-1)39-29-27-34-25-26-35-28-30-40(49-45(35)44(34)48-39)42-37-23-13-14-24-38(37)47-41(32-17-7-2-8-18-32)43(33-19-9-3-10-20-33)50-51(47)46(42)36-21-11-4-12-22-36/h1-30H. The van der Waals surface area contributed by atoms with Gasteiger partial charge >= 0.3 is 0 Å². The van der Waals surface area contributed by atoms with E-state index < -0.39 is 0 Å². The van der Waals surface area contributed by atoms with E-state index in [9.17, 15) is 0 Å². The van der Waals surface area contributed by atoms with Gasteiger partial charge in [-0.2, -0.15) is 5.10 Å². The summed E-state index contributed by atoms with van der Waals surface area (Å²) in [4.78, 5) is 10.7. The summed E-state index contributed by atoms with van der Waals surface area (Å²) in [7, 11) is 0. The molecule has 238 valence electrons. The van der Waals surface area contributed by atoms with Crippen LogP contribution in [-0.4, -0.2) is 19.6 Å². The molecule has 0 radical (unpaired) electrons. The van der Waals surface area contributed by atoms with E-state index in [1.54, 1.807) is 0 Å². The number of pyridine rings is 3. The zero-order valence-electron chi connectivity index (χ0n) is 27.6. The molecule has 10 aromatic rings. The SMILES string of the molecule is c1ccc(-c2ccc3ccc4ccc(-c5c(-c6ccccc6)n6nc(-c7ccccc7)c(-c7ccccc7)c6c6ccccc56)nc4c3n2)cc1. The van der Waals surface area contributed by atoms with Gasteiger partial charge in [-0.3, -0.25) is 0 Å². The fraction of sp³-hybridized carbons (Fsp3) is 0. The highest BCUT2D eigenvalue weighted by atomic mass is 15.2. The summed E-state index contributed by atoms with van der Waals surface area (Å²) in [5, 5.41) is 9.84. The highest BCUT2D eigenvalue weighted by molar-refractivity contribution is 6.15. The lowest BCUT2D eigenvalue weighted by Gasteiger charge is -2.17. The minimum atomic E-state index is 0.872. The summed E-state index contributed by atoms with van der Waals surface area (Å²) >= 11 is 0. The van der Waals surface area contributed by atoms with E-state index in [0.717, 1.165) is 94.3 Å². The molecular weight excluding hydrogens is 621 g/mol. The van der Waals surface area contributed by atoms with E-state index >= 15 is 0 Å². The zero-order valence-corrected chi connectivity index (χ0v) is 27.6. The molecule has 51 heavy (non-hydrogen) atoms. The summed E-state index contributed by atoms with van der Waals surface area (Å²) in [6.45, 7) is 0. The molecule has 0 saturated heterocycles. The van der Waals surface area contributed by atoms with Crippen molar-refractivity contribution in [3.05, 3.63) is 182 Å². The zero-order chi connectivity index (χ0) is 33.7. The second-order valence-corrected chi connectivity index (χ2v) is 12.8. The maximum absolute atomic E-state index is 5.51. The van der Waals surface area contributed by atoms with Gasteiger partial charge in [-0.25, -0.2) is 14.5 Å². The molecule has 4 heteroatoms. The Bertz CT molecular complexity index is 2880. The van der Waals surface area contributed by atoms with Crippen LogP contribution < -0.4 is 0 Å². The molecule has 10 rings (SSSR count). The second-order valence-electron chi connectivity index (χ2n) is 12.8. The largest absolute Gasteiger partial charge is 0.245 e. The molecule has 0 saturated carbocycles. The number of benzene rings is 6. The molecule has 4 nitrogen and oxygen atoms in total. The van der Waals surface area contributed by atoms with Crippen molar-refractivity contribution in [3.63, 3.8) is 0 Å². The Morgan fingerprint density at radius 2 is 0.824 bits per heavy atom. The van der Waals surface area contributed by atoms with Crippen molar-refractivity contribution in [2.45, 2.75) is 0 Å². The van der Waals surface area contributed by atoms with Gasteiger partial charge in [-0.1, -0.05) is 170 Å². The predicted molar refractivity (Wildman–Crippen MR) is 210 cm³/mol. The number of hydrogen-bond acceptors (Lipinski definition) is 3. The molecule has 6 aromatic carbocycles. The van der Waals surface area contributed by atoms with Crippen LogP contribution in [0.5, 0.6) is 0 Å². The molecule has 0 unspecified atom stereocenters. The van der Waals surface area contributed by atoms with Crippen molar-refractivity contribution >= 4 is 38.1 Å². The van der Waals surface area contributed by atoms with Gasteiger partial charge in [0.15, 0.2) is 0 Å². The van der Waals surface area contributed by atoms with Crippen LogP contribution in [0.4, 0.5) is 0 Å². The van der Waals surface area contributed by atoms with E-state index in [1.807, 2.05) is 6.07 Å². The van der Waals surface area contributed by atoms with Gasteiger partial charge in [-0.05, 0) is 23.1 Å². The Labute approximate surface area is 295 Å². The van der Waals surface area contributed by atoms with Crippen LogP contribution in [0.2, 0.25) is 0 Å². The molecule has 0 spiro atoms. The van der Waals surface area contributed by atoms with Gasteiger partial charge in [-0.15, -0.1) is 0 Å². The first-order chi connectivity index (χ1) is 25.3.